The number of aryl methyl sites for hydroxylation is 2. The van der Waals surface area contributed by atoms with E-state index >= 15 is 0 Å². The number of para-hydroxylation sites is 2. The summed E-state index contributed by atoms with van der Waals surface area (Å²) in [5, 5.41) is 25.1. The van der Waals surface area contributed by atoms with E-state index in [4.69, 9.17) is 9.39 Å². The summed E-state index contributed by atoms with van der Waals surface area (Å²) in [6.07, 6.45) is 4.91. The second-order valence-corrected chi connectivity index (χ2v) is 14.9. The predicted octanol–water partition coefficient (Wildman–Crippen LogP) is 8.55. The largest absolute Gasteiger partial charge is 0.507 e. The molecule has 1 aliphatic carbocycles. The van der Waals surface area contributed by atoms with Gasteiger partial charge in [-0.05, 0) is 158 Å². The molecule has 3 aliphatic rings. The van der Waals surface area contributed by atoms with Crippen molar-refractivity contribution in [2.75, 3.05) is 16.8 Å². The molecule has 9 nitrogen and oxygen atoms in total. The van der Waals surface area contributed by atoms with Gasteiger partial charge in [0.15, 0.2) is 0 Å². The van der Waals surface area contributed by atoms with Crippen LogP contribution in [0.1, 0.15) is 41.6 Å². The third-order valence-corrected chi connectivity index (χ3v) is 11.2. The van der Waals surface area contributed by atoms with Gasteiger partial charge in [0.1, 0.15) is 18.1 Å². The van der Waals surface area contributed by atoms with E-state index in [1.54, 1.807) is 18.3 Å². The van der Waals surface area contributed by atoms with E-state index < -0.39 is 31.0 Å². The minimum absolute atomic E-state index is 0.198. The number of phenolic OH excluding ortho intramolecular Hbond substituents is 1. The number of nitrogens with one attached hydrogen (secondary N) is 1. The third-order valence-electron chi connectivity index (χ3n) is 11.2. The van der Waals surface area contributed by atoms with Gasteiger partial charge in [-0.2, -0.15) is 0 Å². The molecule has 2 amide bonds. The predicted molar refractivity (Wildman–Crippen MR) is 219 cm³/mol. The van der Waals surface area contributed by atoms with Crippen LogP contribution in [0.5, 0.6) is 11.5 Å². The zero-order chi connectivity index (χ0) is 38.8. The van der Waals surface area contributed by atoms with Gasteiger partial charge >= 0.3 is 7.12 Å². The number of hydrogen-bond acceptors (Lipinski definition) is 8. The number of carbonyl (C=O) groups is 2. The number of anilines is 3. The second kappa shape index (κ2) is 16.0. The highest BCUT2D eigenvalue weighted by Gasteiger charge is 2.57. The van der Waals surface area contributed by atoms with Crippen molar-refractivity contribution in [2.24, 2.45) is 17.8 Å². The number of pyridine rings is 1. The van der Waals surface area contributed by atoms with Crippen LogP contribution in [-0.4, -0.2) is 46.8 Å². The first-order chi connectivity index (χ1) is 27.2. The maximum absolute atomic E-state index is 14.5. The van der Waals surface area contributed by atoms with Gasteiger partial charge in [0.25, 0.3) is 0 Å². The molecule has 3 N–H and O–H groups in total. The second-order valence-electron chi connectivity index (χ2n) is 14.9. The van der Waals surface area contributed by atoms with Gasteiger partial charge in [0, 0.05) is 17.6 Å². The highest BCUT2D eigenvalue weighted by Crippen LogP contribution is 2.51. The minimum atomic E-state index is -1.12. The molecule has 3 heterocycles. The van der Waals surface area contributed by atoms with Crippen LogP contribution in [0.15, 0.2) is 133 Å². The van der Waals surface area contributed by atoms with Gasteiger partial charge < -0.3 is 24.8 Å². The number of benzene rings is 4. The molecule has 5 aromatic rings. The van der Waals surface area contributed by atoms with E-state index in [0.29, 0.717) is 30.7 Å². The van der Waals surface area contributed by atoms with Crippen LogP contribution >= 0.6 is 0 Å². The smallest absolute Gasteiger partial charge is 0.455 e. The Hall–Kier alpha value is -5.97. The van der Waals surface area contributed by atoms with E-state index in [-0.39, 0.29) is 30.5 Å². The fourth-order valence-corrected chi connectivity index (χ4v) is 8.61. The van der Waals surface area contributed by atoms with Gasteiger partial charge in [-0.15, -0.1) is 0 Å². The third kappa shape index (κ3) is 7.63. The number of aromatic hydroxyl groups is 1. The van der Waals surface area contributed by atoms with Crippen LogP contribution in [0.25, 0.3) is 11.6 Å². The number of ether oxygens (including phenoxy) is 1. The number of phenols is 1. The molecule has 2 fully saturated rings. The zero-order valence-electron chi connectivity index (χ0n) is 31.5. The Labute approximate surface area is 327 Å². The number of rotatable bonds is 11. The molecule has 1 aromatic heterocycles. The van der Waals surface area contributed by atoms with Gasteiger partial charge in [-0.25, -0.2) is 0 Å². The first-order valence-electron chi connectivity index (χ1n) is 19.2. The zero-order valence-corrected chi connectivity index (χ0v) is 31.5. The minimum Gasteiger partial charge on any atom is -0.507 e. The summed E-state index contributed by atoms with van der Waals surface area (Å²) in [5.74, 6) is -1.17. The van der Waals surface area contributed by atoms with E-state index in [1.807, 2.05) is 117 Å². The van der Waals surface area contributed by atoms with Crippen molar-refractivity contribution in [3.05, 3.63) is 155 Å². The van der Waals surface area contributed by atoms with Crippen molar-refractivity contribution in [3.8, 4) is 11.5 Å². The monoisotopic (exact) mass is 745 g/mol. The van der Waals surface area contributed by atoms with Crippen molar-refractivity contribution in [1.29, 1.82) is 0 Å². The van der Waals surface area contributed by atoms with Crippen molar-refractivity contribution in [2.45, 2.75) is 45.5 Å². The van der Waals surface area contributed by atoms with Gasteiger partial charge in [0.2, 0.25) is 11.8 Å². The van der Waals surface area contributed by atoms with Crippen LogP contribution in [0.3, 0.4) is 0 Å². The fourth-order valence-electron chi connectivity index (χ4n) is 8.61. The molecule has 0 saturated carbocycles. The Bertz CT molecular complexity index is 2260. The van der Waals surface area contributed by atoms with Crippen molar-refractivity contribution in [3.63, 3.8) is 0 Å². The lowest BCUT2D eigenvalue weighted by Crippen LogP contribution is -2.46. The number of allylic oxidation sites excluding steroid dienone is 1. The Morgan fingerprint density at radius 3 is 2.27 bits per heavy atom. The molecule has 0 unspecified atom stereocenters. The summed E-state index contributed by atoms with van der Waals surface area (Å²) >= 11 is 0. The molecule has 0 radical (unpaired) electrons. The number of carbonyl (C=O) groups excluding carboxylic acids is 2. The lowest BCUT2D eigenvalue weighted by Gasteiger charge is -2.43. The molecule has 0 bridgehead atoms. The fraction of sp³-hybridized carbons (Fsp3) is 0.239. The molecule has 4 atom stereocenters. The van der Waals surface area contributed by atoms with Gasteiger partial charge in [-0.3, -0.25) is 19.5 Å². The first kappa shape index (κ1) is 37.0. The maximum atomic E-state index is 14.5. The van der Waals surface area contributed by atoms with Crippen LogP contribution in [-0.2, 0) is 14.2 Å². The quantitative estimate of drug-likeness (QED) is 0.0699. The number of nitrogens with zero attached hydrogens (tertiary/aromatic N) is 2. The molecule has 282 valence electrons. The molecule has 8 rings (SSSR count). The standard InChI is InChI=1S/C46H44BN3O6/c1-29-23-31(24-30(2)44(29)51)25-32(40-15-9-10-22-48-40)16-21-41-42-33(28-55-37-13-7-4-8-14-37)26-38-43(39(42)27-47(54)56-41)46(53)50(45(38)52)36-19-17-35(18-20-36)49-34-11-5-3-6-12-34/h3-15,17-20,22-25,38-39,41,43,49,51,54H,16,21,26-28H2,1-2H3/b32-25-/t38-,39+,41-,43-/m1/s1. The lowest BCUT2D eigenvalue weighted by molar-refractivity contribution is -0.122. The molecule has 56 heavy (non-hydrogen) atoms. The Morgan fingerprint density at radius 2 is 1.57 bits per heavy atom. The molecule has 2 saturated heterocycles. The maximum Gasteiger partial charge on any atom is 0.455 e. The summed E-state index contributed by atoms with van der Waals surface area (Å²) < 4.78 is 12.7. The van der Waals surface area contributed by atoms with Crippen LogP contribution in [0.2, 0.25) is 6.32 Å². The summed E-state index contributed by atoms with van der Waals surface area (Å²) in [6.45, 7) is 3.99. The molecule has 10 heteroatoms. The van der Waals surface area contributed by atoms with E-state index in [0.717, 1.165) is 50.5 Å². The molecule has 0 spiro atoms. The molecule has 4 aromatic carbocycles. The summed E-state index contributed by atoms with van der Waals surface area (Å²) in [7, 11) is -1.12. The first-order valence-corrected chi connectivity index (χ1v) is 19.2. The van der Waals surface area contributed by atoms with E-state index in [9.17, 15) is 19.7 Å². The average Bonchev–Trinajstić information content (AvgIpc) is 3.47. The van der Waals surface area contributed by atoms with Crippen LogP contribution in [0, 0.1) is 31.6 Å². The lowest BCUT2D eigenvalue weighted by atomic mass is 9.58. The average molecular weight is 746 g/mol. The number of hydrogen-bond donors (Lipinski definition) is 3. The van der Waals surface area contributed by atoms with Crippen molar-refractivity contribution >= 4 is 47.6 Å². The van der Waals surface area contributed by atoms with Crippen LogP contribution < -0.4 is 15.0 Å². The Balaban J connectivity index is 1.11. The molecular formula is C46H44BN3O6. The van der Waals surface area contributed by atoms with Gasteiger partial charge in [0.05, 0.1) is 29.3 Å². The topological polar surface area (TPSA) is 121 Å². The molecular weight excluding hydrogens is 701 g/mol. The van der Waals surface area contributed by atoms with Gasteiger partial charge in [-0.1, -0.05) is 42.5 Å². The van der Waals surface area contributed by atoms with Crippen molar-refractivity contribution in [1.82, 2.24) is 4.98 Å². The van der Waals surface area contributed by atoms with E-state index in [1.165, 1.54) is 4.90 Å². The number of imide groups is 1. The summed E-state index contributed by atoms with van der Waals surface area (Å²) in [5.41, 5.74) is 8.45. The number of amides is 2. The van der Waals surface area contributed by atoms with Crippen LogP contribution in [0.4, 0.5) is 17.1 Å². The van der Waals surface area contributed by atoms with Crippen molar-refractivity contribution < 1.29 is 29.1 Å². The van der Waals surface area contributed by atoms with E-state index in [2.05, 4.69) is 16.4 Å². The SMILES string of the molecule is Cc1cc(/C=C(/CC[C@H]2OB(O)C[C@H]3C2=C(COc2ccccc2)C[C@H]2C(=O)N(c4ccc(Nc5ccccc5)cc4)C(=O)[C@H]23)c2ccccn2)cc(C)c1O. The summed E-state index contributed by atoms with van der Waals surface area (Å²) in [6, 6.07) is 36.4. The number of aromatic nitrogens is 1. The molecule has 2 aliphatic heterocycles. The number of fused-ring (bicyclic) bond motifs is 3. The Kier molecular flexibility index (Phi) is 10.6. The highest BCUT2D eigenvalue weighted by atomic mass is 16.5. The summed E-state index contributed by atoms with van der Waals surface area (Å²) in [4.78, 5) is 34.8. The highest BCUT2D eigenvalue weighted by molar-refractivity contribution is 6.43. The Morgan fingerprint density at radius 1 is 0.893 bits per heavy atom. The normalized spacial score (nSPS) is 20.9.